The van der Waals surface area contributed by atoms with Crippen molar-refractivity contribution in [2.75, 3.05) is 0 Å². The third kappa shape index (κ3) is 4.92. The molecule has 2 aromatic carbocycles. The van der Waals surface area contributed by atoms with E-state index in [4.69, 9.17) is 0 Å². The van der Waals surface area contributed by atoms with E-state index in [0.29, 0.717) is 0 Å². The average Bonchev–Trinajstić information content (AvgIpc) is 2.45. The first-order valence-corrected chi connectivity index (χ1v) is 9.47. The van der Waals surface area contributed by atoms with Gasteiger partial charge in [-0.15, -0.1) is 0 Å². The predicted octanol–water partition coefficient (Wildman–Crippen LogP) is 3.80. The fourth-order valence-electron chi connectivity index (χ4n) is 2.36. The van der Waals surface area contributed by atoms with Crippen molar-refractivity contribution < 1.29 is 8.76 Å². The fraction of sp³-hybridized carbons (Fsp3) is 0.294. The minimum absolute atomic E-state index is 0.237. The summed E-state index contributed by atoms with van der Waals surface area (Å²) in [6, 6.07) is 15.5. The normalized spacial score (nSPS) is 13.8. The molecule has 0 aliphatic heterocycles. The van der Waals surface area contributed by atoms with Gasteiger partial charge in [0.1, 0.15) is 0 Å². The first-order valence-electron chi connectivity index (χ1n) is 7.06. The summed E-state index contributed by atoms with van der Waals surface area (Å²) >= 11 is 4.53. The number of benzene rings is 2. The molecule has 0 heterocycles. The zero-order valence-corrected chi connectivity index (χ0v) is 13.7. The van der Waals surface area contributed by atoms with Gasteiger partial charge in [-0.05, 0) is 81.4 Å². The van der Waals surface area contributed by atoms with Crippen LogP contribution >= 0.6 is 0 Å². The third-order valence-corrected chi connectivity index (χ3v) is 5.02. The van der Waals surface area contributed by atoms with E-state index in [2.05, 4.69) is 35.5 Å². The van der Waals surface area contributed by atoms with E-state index in [0.717, 1.165) is 36.8 Å². The highest BCUT2D eigenvalue weighted by Crippen LogP contribution is 2.18. The van der Waals surface area contributed by atoms with E-state index >= 15 is 0 Å². The van der Waals surface area contributed by atoms with Gasteiger partial charge >= 0.3 is 0 Å². The smallest absolute Gasteiger partial charge is 0.0284 e. The first-order chi connectivity index (χ1) is 9.97. The highest BCUT2D eigenvalue weighted by atomic mass is 32.8. The van der Waals surface area contributed by atoms with Crippen LogP contribution in [0, 0.1) is 6.92 Å². The lowest BCUT2D eigenvalue weighted by atomic mass is 10.0. The van der Waals surface area contributed by atoms with Crippen LogP contribution in [-0.4, -0.2) is 8.76 Å². The van der Waals surface area contributed by atoms with E-state index in [1.807, 2.05) is 19.1 Å². The molecule has 0 bridgehead atoms. The molecule has 0 N–H and O–H groups in total. The van der Waals surface area contributed by atoms with E-state index in [9.17, 15) is 8.76 Å². The minimum Gasteiger partial charge on any atom is -0.766 e. The van der Waals surface area contributed by atoms with Gasteiger partial charge in [0.2, 0.25) is 0 Å². The molecule has 0 aliphatic carbocycles. The molecule has 2 nitrogen and oxygen atoms in total. The van der Waals surface area contributed by atoms with Gasteiger partial charge in [-0.1, -0.05) is 36.4 Å². The summed E-state index contributed by atoms with van der Waals surface area (Å²) < 4.78 is 22.9. The van der Waals surface area contributed by atoms with Crippen LogP contribution in [0.2, 0.25) is 0 Å². The maximum atomic E-state index is 11.4. The Balaban J connectivity index is 1.94. The Bertz CT molecular complexity index is 692. The quantitative estimate of drug-likeness (QED) is 0.760. The van der Waals surface area contributed by atoms with Gasteiger partial charge in [-0.2, -0.15) is 0 Å². The Labute approximate surface area is 131 Å². The summed E-state index contributed by atoms with van der Waals surface area (Å²) in [4.78, 5) is 0.237. The molecule has 1 unspecified atom stereocenters. The lowest BCUT2D eigenvalue weighted by Gasteiger charge is -2.14. The van der Waals surface area contributed by atoms with Crippen molar-refractivity contribution in [2.45, 2.75) is 37.5 Å². The molecule has 0 fully saturated rings. The Morgan fingerprint density at radius 3 is 2.38 bits per heavy atom. The number of hydrogen-bond acceptors (Lipinski definition) is 3. The molecule has 4 heteroatoms. The number of aryl methyl sites for hydroxylation is 3. The van der Waals surface area contributed by atoms with Crippen LogP contribution in [0.1, 0.15) is 29.5 Å². The largest absolute Gasteiger partial charge is 0.766 e. The molecule has 0 saturated heterocycles. The second-order valence-electron chi connectivity index (χ2n) is 5.24. The molecule has 0 spiro atoms. The van der Waals surface area contributed by atoms with Crippen LogP contribution in [0.15, 0.2) is 53.4 Å². The van der Waals surface area contributed by atoms with E-state index < -0.39 is 8.77 Å². The molecule has 0 aliphatic rings. The summed E-state index contributed by atoms with van der Waals surface area (Å²) in [5.74, 6) is 0. The lowest BCUT2D eigenvalue weighted by Crippen LogP contribution is -2.00. The van der Waals surface area contributed by atoms with Crippen molar-refractivity contribution in [1.82, 2.24) is 0 Å². The van der Waals surface area contributed by atoms with Crippen LogP contribution < -0.4 is 0 Å². The van der Waals surface area contributed by atoms with Gasteiger partial charge in [0, 0.05) is 4.90 Å². The molecule has 112 valence electrons. The summed E-state index contributed by atoms with van der Waals surface area (Å²) in [6.45, 7) is 2.01. The molecule has 1 atom stereocenters. The van der Waals surface area contributed by atoms with Crippen molar-refractivity contribution >= 4 is 20.0 Å². The van der Waals surface area contributed by atoms with Gasteiger partial charge in [-0.3, -0.25) is 4.21 Å². The maximum absolute atomic E-state index is 11.4. The van der Waals surface area contributed by atoms with E-state index in [1.165, 1.54) is 5.56 Å². The van der Waals surface area contributed by atoms with Crippen molar-refractivity contribution in [3.8, 4) is 0 Å². The van der Waals surface area contributed by atoms with Crippen LogP contribution in [0.4, 0.5) is 0 Å². The minimum atomic E-state index is -3.53. The van der Waals surface area contributed by atoms with Gasteiger partial charge in [0.05, 0.1) is 0 Å². The third-order valence-electron chi connectivity index (χ3n) is 3.61. The maximum Gasteiger partial charge on any atom is 0.0284 e. The molecular formula is C17H19O2S2-. The van der Waals surface area contributed by atoms with Gasteiger partial charge in [0.25, 0.3) is 0 Å². The Kier molecular flexibility index (Phi) is 5.51. The van der Waals surface area contributed by atoms with Crippen molar-refractivity contribution in [1.29, 1.82) is 0 Å². The summed E-state index contributed by atoms with van der Waals surface area (Å²) in [5.41, 5.74) is 3.54. The zero-order valence-electron chi connectivity index (χ0n) is 12.1. The Hall–Kier alpha value is -1.23. The molecule has 0 radical (unpaired) electrons. The van der Waals surface area contributed by atoms with Crippen LogP contribution in [0.25, 0.3) is 0 Å². The fourth-order valence-corrected chi connectivity index (χ4v) is 3.19. The predicted molar refractivity (Wildman–Crippen MR) is 88.8 cm³/mol. The Morgan fingerprint density at radius 1 is 1.05 bits per heavy atom. The highest BCUT2D eigenvalue weighted by Gasteiger charge is 2.03. The molecule has 0 aromatic heterocycles. The first kappa shape index (κ1) is 16.1. The second-order valence-corrected chi connectivity index (χ2v) is 7.93. The average molecular weight is 319 g/mol. The Morgan fingerprint density at radius 2 is 1.71 bits per heavy atom. The molecular weight excluding hydrogens is 300 g/mol. The monoisotopic (exact) mass is 319 g/mol. The number of hydrogen-bond donors (Lipinski definition) is 0. The zero-order chi connectivity index (χ0) is 15.3. The topological polar surface area (TPSA) is 40.1 Å². The van der Waals surface area contributed by atoms with Gasteiger partial charge in [0.15, 0.2) is 0 Å². The summed E-state index contributed by atoms with van der Waals surface area (Å²) in [5, 5.41) is 0. The molecule has 0 amide bonds. The van der Waals surface area contributed by atoms with Gasteiger partial charge < -0.3 is 4.55 Å². The van der Waals surface area contributed by atoms with E-state index in [1.54, 1.807) is 12.1 Å². The standard InChI is InChI=1S/C17H20O2S2/c1-14-11-12-17(21(18,19)20)13-16(14)10-6-5-9-15-7-3-2-4-8-15/h2-4,7-8,11-13H,5-6,9-10H2,1H3,(H,18,19,20)/p-1. The molecule has 0 saturated carbocycles. The summed E-state index contributed by atoms with van der Waals surface area (Å²) in [6.07, 6.45) is 4.07. The SMILES string of the molecule is Cc1ccc(S(=O)([O-])=S)cc1CCCCc1ccccc1. The highest BCUT2D eigenvalue weighted by molar-refractivity contribution is 8.29. The van der Waals surface area contributed by atoms with Crippen molar-refractivity contribution in [2.24, 2.45) is 0 Å². The van der Waals surface area contributed by atoms with Crippen LogP contribution in [0.5, 0.6) is 0 Å². The van der Waals surface area contributed by atoms with Crippen molar-refractivity contribution in [3.63, 3.8) is 0 Å². The number of unbranched alkanes of at least 4 members (excludes halogenated alkanes) is 1. The number of rotatable bonds is 6. The van der Waals surface area contributed by atoms with Crippen LogP contribution in [-0.2, 0) is 32.8 Å². The van der Waals surface area contributed by atoms with E-state index in [-0.39, 0.29) is 4.90 Å². The lowest BCUT2D eigenvalue weighted by molar-refractivity contribution is 0.534. The van der Waals surface area contributed by atoms with Gasteiger partial charge in [-0.25, -0.2) is 0 Å². The second kappa shape index (κ2) is 7.16. The molecule has 2 rings (SSSR count). The van der Waals surface area contributed by atoms with Crippen LogP contribution in [0.3, 0.4) is 0 Å². The molecule has 2 aromatic rings. The summed E-state index contributed by atoms with van der Waals surface area (Å²) in [7, 11) is -3.53. The molecule has 21 heavy (non-hydrogen) atoms. The van der Waals surface area contributed by atoms with Crippen molar-refractivity contribution in [3.05, 3.63) is 65.2 Å².